The molecule has 0 heterocycles. The van der Waals surface area contributed by atoms with Gasteiger partial charge in [-0.2, -0.15) is 0 Å². The van der Waals surface area contributed by atoms with E-state index in [0.717, 1.165) is 29.6 Å². The van der Waals surface area contributed by atoms with Gasteiger partial charge in [0, 0.05) is 5.92 Å². The lowest BCUT2D eigenvalue weighted by molar-refractivity contribution is -0.0194. The summed E-state index contributed by atoms with van der Waals surface area (Å²) in [5, 5.41) is 5.32. The minimum Gasteiger partial charge on any atom is -0.0737 e. The molecule has 1 unspecified atom stereocenters. The monoisotopic (exact) mass is 681 g/mol. The Bertz CT molecular complexity index is 2300. The fourth-order valence-electron chi connectivity index (χ4n) is 11.3. The standard InChI is InChI=1S/C52H57/c1-30-10-14-35(15-11-30)48(36-16-12-31(2)13-17-36)50-46(52(7,8)9)29-44-43-28-41(51(4,5)6)19-18-37(43)26-45(44)49(50)42-27-38(20-32(42)3)47-39-22-33-21-34(24-39)25-40(47)23-33/h10-20,27-29,32-34,39-40,47H,21-25H2,1-9H3. The molecule has 0 aliphatic heterocycles. The van der Waals surface area contributed by atoms with Crippen LogP contribution in [-0.4, -0.2) is 0 Å². The number of hydrogen-bond donors (Lipinski definition) is 0. The van der Waals surface area contributed by atoms with E-state index < -0.39 is 0 Å². The van der Waals surface area contributed by atoms with Crippen molar-refractivity contribution in [3.8, 4) is 0 Å². The molecule has 0 N–H and O–H groups in total. The summed E-state index contributed by atoms with van der Waals surface area (Å²) in [6, 6.07) is 28.3. The van der Waals surface area contributed by atoms with Gasteiger partial charge in [-0.05, 0) is 176 Å². The van der Waals surface area contributed by atoms with Crippen LogP contribution in [0.15, 0.2) is 90.5 Å². The third kappa shape index (κ3) is 5.63. The van der Waals surface area contributed by atoms with Gasteiger partial charge in [0.25, 0.3) is 0 Å². The van der Waals surface area contributed by atoms with Gasteiger partial charge in [-0.25, -0.2) is 0 Å². The lowest BCUT2D eigenvalue weighted by atomic mass is 9.50. The van der Waals surface area contributed by atoms with Crippen LogP contribution in [0, 0.1) is 59.8 Å². The van der Waals surface area contributed by atoms with Crippen LogP contribution >= 0.6 is 0 Å². The molecule has 0 saturated heterocycles. The normalized spacial score (nSPS) is 25.8. The van der Waals surface area contributed by atoms with Crippen molar-refractivity contribution in [3.63, 3.8) is 0 Å². The van der Waals surface area contributed by atoms with Gasteiger partial charge in [0.2, 0.25) is 0 Å². The van der Waals surface area contributed by atoms with E-state index in [-0.39, 0.29) is 10.8 Å². The number of hydrogen-bond acceptors (Lipinski definition) is 0. The minimum atomic E-state index is -0.0930. The summed E-state index contributed by atoms with van der Waals surface area (Å²) in [6.45, 7) is 21.1. The van der Waals surface area contributed by atoms with E-state index in [1.54, 1.807) is 5.57 Å². The Labute approximate surface area is 312 Å². The Morgan fingerprint density at radius 1 is 0.654 bits per heavy atom. The SMILES string of the molecule is Cc1ccc(C(c2ccc(C)cc2)=c2c(C(C)(C)C)cc3c(c2C2=CC(C4C5CC6CC(C5)CC4C6)=CC2C)[C]=c2ccc(C(C)(C)C)cc2=3)cc1. The summed E-state index contributed by atoms with van der Waals surface area (Å²) in [5.74, 6) is 4.79. The number of aryl methyl sites for hydroxylation is 2. The molecule has 52 heavy (non-hydrogen) atoms. The summed E-state index contributed by atoms with van der Waals surface area (Å²) in [6.07, 6.45) is 16.8. The zero-order chi connectivity index (χ0) is 36.3. The minimum absolute atomic E-state index is 0.0746. The van der Waals surface area contributed by atoms with E-state index in [0.29, 0.717) is 5.92 Å². The largest absolute Gasteiger partial charge is 0.0737 e. The predicted molar refractivity (Wildman–Crippen MR) is 219 cm³/mol. The van der Waals surface area contributed by atoms with Crippen molar-refractivity contribution in [2.45, 2.75) is 105 Å². The van der Waals surface area contributed by atoms with E-state index in [9.17, 15) is 0 Å². The van der Waals surface area contributed by atoms with Gasteiger partial charge in [0.1, 0.15) is 0 Å². The Hall–Kier alpha value is -3.90. The molecule has 0 aromatic heterocycles. The van der Waals surface area contributed by atoms with Crippen LogP contribution in [0.4, 0.5) is 0 Å². The lowest BCUT2D eigenvalue weighted by Gasteiger charge is -2.54. The van der Waals surface area contributed by atoms with Gasteiger partial charge >= 0.3 is 0 Å². The topological polar surface area (TPSA) is 0 Å². The van der Waals surface area contributed by atoms with Crippen molar-refractivity contribution in [1.82, 2.24) is 0 Å². The second kappa shape index (κ2) is 12.1. The summed E-state index contributed by atoms with van der Waals surface area (Å²) < 4.78 is 0. The number of benzene rings is 4. The molecule has 0 amide bonds. The number of fused-ring (bicyclic) bond motifs is 2. The third-order valence-corrected chi connectivity index (χ3v) is 13.7. The quantitative estimate of drug-likeness (QED) is 0.177. The van der Waals surface area contributed by atoms with E-state index in [1.807, 2.05) is 0 Å². The number of allylic oxidation sites excluding steroid dienone is 4. The Balaban J connectivity index is 1.41. The fourth-order valence-corrected chi connectivity index (χ4v) is 11.3. The van der Waals surface area contributed by atoms with Gasteiger partial charge in [-0.3, -0.25) is 0 Å². The summed E-state index contributed by atoms with van der Waals surface area (Å²) in [7, 11) is 0. The maximum absolute atomic E-state index is 4.09. The summed E-state index contributed by atoms with van der Waals surface area (Å²) in [4.78, 5) is 0. The molecule has 0 heteroatoms. The maximum Gasteiger partial charge on any atom is 0.000197 e. The first-order valence-corrected chi connectivity index (χ1v) is 20.3. The molecular formula is C52H57. The van der Waals surface area contributed by atoms with Gasteiger partial charge < -0.3 is 0 Å². The van der Waals surface area contributed by atoms with Gasteiger partial charge in [-0.1, -0.05) is 132 Å². The van der Waals surface area contributed by atoms with Crippen molar-refractivity contribution >= 4 is 17.2 Å². The molecule has 6 aliphatic carbocycles. The van der Waals surface area contributed by atoms with E-state index >= 15 is 0 Å². The van der Waals surface area contributed by atoms with Crippen LogP contribution in [0.1, 0.15) is 125 Å². The molecule has 4 aromatic carbocycles. The van der Waals surface area contributed by atoms with Gasteiger partial charge in [0.05, 0.1) is 0 Å². The molecule has 4 fully saturated rings. The lowest BCUT2D eigenvalue weighted by Crippen LogP contribution is -2.45. The second-order valence-electron chi connectivity index (χ2n) is 19.6. The van der Waals surface area contributed by atoms with Crippen LogP contribution in [0.2, 0.25) is 0 Å². The molecular weight excluding hydrogens is 625 g/mol. The predicted octanol–water partition coefficient (Wildman–Crippen LogP) is 11.5. The highest BCUT2D eigenvalue weighted by Crippen LogP contribution is 2.59. The van der Waals surface area contributed by atoms with Crippen LogP contribution in [0.3, 0.4) is 0 Å². The molecule has 0 nitrogen and oxygen atoms in total. The first kappa shape index (κ1) is 33.9. The number of rotatable bonds is 4. The van der Waals surface area contributed by atoms with Gasteiger partial charge in [0.15, 0.2) is 0 Å². The second-order valence-corrected chi connectivity index (χ2v) is 19.6. The first-order chi connectivity index (χ1) is 24.7. The Kier molecular flexibility index (Phi) is 7.86. The Morgan fingerprint density at radius 2 is 1.23 bits per heavy atom. The fraction of sp³-hybridized carbons (Fsp3) is 0.423. The van der Waals surface area contributed by atoms with Crippen molar-refractivity contribution in [2.75, 3.05) is 0 Å². The molecule has 4 aromatic rings. The molecule has 0 spiro atoms. The van der Waals surface area contributed by atoms with Crippen LogP contribution < -0.4 is 10.4 Å². The highest BCUT2D eigenvalue weighted by molar-refractivity contribution is 5.89. The van der Waals surface area contributed by atoms with E-state index in [1.165, 1.54) is 109 Å². The molecule has 10 rings (SSSR count). The van der Waals surface area contributed by atoms with E-state index in [2.05, 4.69) is 153 Å². The van der Waals surface area contributed by atoms with Crippen LogP contribution in [-0.2, 0) is 10.8 Å². The average Bonchev–Trinajstić information content (AvgIpc) is 3.64. The summed E-state index contributed by atoms with van der Waals surface area (Å²) in [5.41, 5.74) is 15.1. The average molecular weight is 682 g/mol. The van der Waals surface area contributed by atoms with Crippen LogP contribution in [0.25, 0.3) is 17.2 Å². The molecule has 4 saturated carbocycles. The molecule has 265 valence electrons. The molecule has 1 atom stereocenters. The van der Waals surface area contributed by atoms with Crippen molar-refractivity contribution in [1.29, 1.82) is 0 Å². The van der Waals surface area contributed by atoms with Crippen molar-refractivity contribution in [2.24, 2.45) is 35.5 Å². The first-order valence-electron chi connectivity index (χ1n) is 20.3. The molecule has 6 aliphatic rings. The highest BCUT2D eigenvalue weighted by atomic mass is 14.5. The zero-order valence-electron chi connectivity index (χ0n) is 33.1. The summed E-state index contributed by atoms with van der Waals surface area (Å²) >= 11 is 0. The van der Waals surface area contributed by atoms with Crippen molar-refractivity contribution < 1.29 is 0 Å². The smallest absolute Gasteiger partial charge is 0.000197 e. The molecule has 4 bridgehead atoms. The highest BCUT2D eigenvalue weighted by Gasteiger charge is 2.49. The van der Waals surface area contributed by atoms with Crippen LogP contribution in [0.5, 0.6) is 0 Å². The third-order valence-electron chi connectivity index (χ3n) is 13.7. The van der Waals surface area contributed by atoms with E-state index in [4.69, 9.17) is 0 Å². The van der Waals surface area contributed by atoms with Crippen molar-refractivity contribution in [3.05, 3.63) is 156 Å². The van der Waals surface area contributed by atoms with Gasteiger partial charge in [-0.15, -0.1) is 0 Å². The maximum atomic E-state index is 4.09. The molecule has 1 radical (unpaired) electrons. The zero-order valence-corrected chi connectivity index (χ0v) is 33.1. The Morgan fingerprint density at radius 3 is 1.77 bits per heavy atom.